The van der Waals surface area contributed by atoms with E-state index in [1.54, 1.807) is 0 Å². The average molecular weight is 233 g/mol. The molecule has 1 aliphatic carbocycles. The third-order valence-corrected chi connectivity index (χ3v) is 3.61. The molecule has 17 heavy (non-hydrogen) atoms. The highest BCUT2D eigenvalue weighted by Crippen LogP contribution is 2.29. The standard InChI is InChI=1S/C14H23N3/c1-4-12-10-13(17(3)16-12)14(15-2)11-8-6-5-7-9-11/h8,10,14-15H,4-7,9H2,1-3H3. The van der Waals surface area contributed by atoms with Crippen LogP contribution in [0.3, 0.4) is 0 Å². The highest BCUT2D eigenvalue weighted by molar-refractivity contribution is 5.25. The van der Waals surface area contributed by atoms with E-state index in [0.29, 0.717) is 6.04 Å². The van der Waals surface area contributed by atoms with Crippen molar-refractivity contribution in [2.24, 2.45) is 7.05 Å². The number of nitrogens with one attached hydrogen (secondary N) is 1. The molecule has 0 aliphatic heterocycles. The van der Waals surface area contributed by atoms with Crippen LogP contribution in [0.1, 0.15) is 50.0 Å². The van der Waals surface area contributed by atoms with Gasteiger partial charge in [-0.1, -0.05) is 18.6 Å². The van der Waals surface area contributed by atoms with Crippen LogP contribution in [0.15, 0.2) is 17.7 Å². The minimum Gasteiger partial charge on any atom is -0.308 e. The molecule has 1 unspecified atom stereocenters. The van der Waals surface area contributed by atoms with Crippen molar-refractivity contribution in [1.29, 1.82) is 0 Å². The lowest BCUT2D eigenvalue weighted by Gasteiger charge is -2.23. The molecule has 1 aliphatic rings. The molecule has 0 spiro atoms. The van der Waals surface area contributed by atoms with Crippen molar-refractivity contribution < 1.29 is 0 Å². The van der Waals surface area contributed by atoms with E-state index in [9.17, 15) is 0 Å². The second kappa shape index (κ2) is 5.50. The first-order chi connectivity index (χ1) is 8.26. The molecule has 0 aromatic carbocycles. The topological polar surface area (TPSA) is 29.9 Å². The van der Waals surface area contributed by atoms with Crippen LogP contribution in [-0.2, 0) is 13.5 Å². The molecule has 1 atom stereocenters. The highest BCUT2D eigenvalue weighted by atomic mass is 15.3. The molecule has 1 aromatic heterocycles. The fourth-order valence-corrected chi connectivity index (χ4v) is 2.63. The first-order valence-electron chi connectivity index (χ1n) is 6.65. The number of likely N-dealkylation sites (N-methyl/N-ethyl adjacent to an activating group) is 1. The van der Waals surface area contributed by atoms with Crippen LogP contribution in [0, 0.1) is 0 Å². The number of hydrogen-bond donors (Lipinski definition) is 1. The second-order valence-corrected chi connectivity index (χ2v) is 4.78. The molecule has 0 radical (unpaired) electrons. The van der Waals surface area contributed by atoms with Crippen molar-refractivity contribution in [3.8, 4) is 0 Å². The predicted octanol–water partition coefficient (Wildman–Crippen LogP) is 2.74. The van der Waals surface area contributed by atoms with E-state index < -0.39 is 0 Å². The first-order valence-corrected chi connectivity index (χ1v) is 6.65. The fourth-order valence-electron chi connectivity index (χ4n) is 2.63. The number of rotatable bonds is 4. The summed E-state index contributed by atoms with van der Waals surface area (Å²) in [6, 6.07) is 2.57. The monoisotopic (exact) mass is 233 g/mol. The summed E-state index contributed by atoms with van der Waals surface area (Å²) in [5.41, 5.74) is 4.00. The first kappa shape index (κ1) is 12.4. The van der Waals surface area contributed by atoms with Gasteiger partial charge >= 0.3 is 0 Å². The largest absolute Gasteiger partial charge is 0.308 e. The van der Waals surface area contributed by atoms with E-state index in [1.165, 1.54) is 42.6 Å². The van der Waals surface area contributed by atoms with Gasteiger partial charge in [-0.05, 0) is 45.2 Å². The molecule has 1 heterocycles. The lowest BCUT2D eigenvalue weighted by Crippen LogP contribution is -2.22. The van der Waals surface area contributed by atoms with Crippen LogP contribution >= 0.6 is 0 Å². The average Bonchev–Trinajstić information content (AvgIpc) is 2.73. The Morgan fingerprint density at radius 2 is 2.29 bits per heavy atom. The quantitative estimate of drug-likeness (QED) is 0.810. The Morgan fingerprint density at radius 1 is 1.47 bits per heavy atom. The Kier molecular flexibility index (Phi) is 4.00. The maximum atomic E-state index is 4.54. The Morgan fingerprint density at radius 3 is 2.82 bits per heavy atom. The number of nitrogens with zero attached hydrogens (tertiary/aromatic N) is 2. The summed E-state index contributed by atoms with van der Waals surface area (Å²) < 4.78 is 2.02. The number of aromatic nitrogens is 2. The molecule has 0 amide bonds. The Bertz CT molecular complexity index is 404. The molecule has 3 heteroatoms. The number of hydrogen-bond acceptors (Lipinski definition) is 2. The van der Waals surface area contributed by atoms with Crippen LogP contribution in [0.25, 0.3) is 0 Å². The van der Waals surface area contributed by atoms with E-state index in [-0.39, 0.29) is 0 Å². The SMILES string of the molecule is CCc1cc(C(NC)C2=CCCCC2)n(C)n1. The van der Waals surface area contributed by atoms with Crippen molar-refractivity contribution in [1.82, 2.24) is 15.1 Å². The van der Waals surface area contributed by atoms with Gasteiger partial charge in [0.15, 0.2) is 0 Å². The zero-order valence-corrected chi connectivity index (χ0v) is 11.2. The minimum atomic E-state index is 0.341. The van der Waals surface area contributed by atoms with Gasteiger partial charge in [0, 0.05) is 7.05 Å². The van der Waals surface area contributed by atoms with Gasteiger partial charge in [-0.2, -0.15) is 5.10 Å². The van der Waals surface area contributed by atoms with Gasteiger partial charge in [0.05, 0.1) is 17.4 Å². The van der Waals surface area contributed by atoms with Gasteiger partial charge in [0.25, 0.3) is 0 Å². The summed E-state index contributed by atoms with van der Waals surface area (Å²) in [7, 11) is 4.08. The molecule has 0 fully saturated rings. The maximum absolute atomic E-state index is 4.54. The van der Waals surface area contributed by atoms with E-state index in [0.717, 1.165) is 6.42 Å². The lowest BCUT2D eigenvalue weighted by molar-refractivity contribution is 0.552. The lowest BCUT2D eigenvalue weighted by atomic mass is 9.92. The third-order valence-electron chi connectivity index (χ3n) is 3.61. The van der Waals surface area contributed by atoms with Gasteiger partial charge in [-0.15, -0.1) is 0 Å². The molecule has 1 aromatic rings. The van der Waals surface area contributed by atoms with Gasteiger partial charge in [0.1, 0.15) is 0 Å². The predicted molar refractivity (Wildman–Crippen MR) is 70.9 cm³/mol. The highest BCUT2D eigenvalue weighted by Gasteiger charge is 2.20. The molecule has 0 saturated carbocycles. The second-order valence-electron chi connectivity index (χ2n) is 4.78. The summed E-state index contributed by atoms with van der Waals surface area (Å²) >= 11 is 0. The van der Waals surface area contributed by atoms with Crippen molar-refractivity contribution in [3.05, 3.63) is 29.1 Å². The minimum absolute atomic E-state index is 0.341. The molecule has 3 nitrogen and oxygen atoms in total. The molecule has 94 valence electrons. The number of aryl methyl sites for hydroxylation is 2. The van der Waals surface area contributed by atoms with Crippen LogP contribution in [0.5, 0.6) is 0 Å². The molecule has 1 N–H and O–H groups in total. The van der Waals surface area contributed by atoms with Crippen LogP contribution in [0.2, 0.25) is 0 Å². The summed E-state index contributed by atoms with van der Waals surface area (Å²) in [4.78, 5) is 0. The van der Waals surface area contributed by atoms with E-state index >= 15 is 0 Å². The Labute approximate surface area is 104 Å². The molecule has 0 bridgehead atoms. The maximum Gasteiger partial charge on any atom is 0.0705 e. The van der Waals surface area contributed by atoms with E-state index in [2.05, 4.69) is 29.5 Å². The van der Waals surface area contributed by atoms with Crippen LogP contribution < -0.4 is 5.32 Å². The smallest absolute Gasteiger partial charge is 0.0705 e. The van der Waals surface area contributed by atoms with Gasteiger partial charge < -0.3 is 5.32 Å². The Hall–Kier alpha value is -1.09. The van der Waals surface area contributed by atoms with E-state index in [1.807, 2.05) is 18.8 Å². The van der Waals surface area contributed by atoms with Crippen molar-refractivity contribution in [2.45, 2.75) is 45.1 Å². The van der Waals surface area contributed by atoms with Crippen molar-refractivity contribution in [3.63, 3.8) is 0 Å². The molecule has 0 saturated heterocycles. The zero-order valence-electron chi connectivity index (χ0n) is 11.2. The third kappa shape index (κ3) is 2.60. The van der Waals surface area contributed by atoms with E-state index in [4.69, 9.17) is 0 Å². The molecular formula is C14H23N3. The van der Waals surface area contributed by atoms with Crippen molar-refractivity contribution >= 4 is 0 Å². The fraction of sp³-hybridized carbons (Fsp3) is 0.643. The summed E-state index contributed by atoms with van der Waals surface area (Å²) in [6.07, 6.45) is 8.52. The van der Waals surface area contributed by atoms with Crippen LogP contribution in [-0.4, -0.2) is 16.8 Å². The van der Waals surface area contributed by atoms with Gasteiger partial charge in [-0.25, -0.2) is 0 Å². The van der Waals surface area contributed by atoms with Gasteiger partial charge in [0.2, 0.25) is 0 Å². The normalized spacial score (nSPS) is 17.9. The summed E-state index contributed by atoms with van der Waals surface area (Å²) in [5, 5.41) is 7.98. The summed E-state index contributed by atoms with van der Waals surface area (Å²) in [5.74, 6) is 0. The Balaban J connectivity index is 2.27. The van der Waals surface area contributed by atoms with Crippen LogP contribution in [0.4, 0.5) is 0 Å². The number of allylic oxidation sites excluding steroid dienone is 1. The molecular weight excluding hydrogens is 210 g/mol. The zero-order chi connectivity index (χ0) is 12.3. The summed E-state index contributed by atoms with van der Waals surface area (Å²) in [6.45, 7) is 2.15. The van der Waals surface area contributed by atoms with Crippen molar-refractivity contribution in [2.75, 3.05) is 7.05 Å². The van der Waals surface area contributed by atoms with Gasteiger partial charge in [-0.3, -0.25) is 4.68 Å². The molecule has 2 rings (SSSR count).